The van der Waals surface area contributed by atoms with Crippen LogP contribution in [0.4, 0.5) is 5.69 Å². The maximum absolute atomic E-state index is 12.6. The Bertz CT molecular complexity index is 804. The van der Waals surface area contributed by atoms with Crippen LogP contribution < -0.4 is 10.2 Å². The summed E-state index contributed by atoms with van der Waals surface area (Å²) >= 11 is 17.3. The molecule has 0 atom stereocenters. The molecule has 1 saturated heterocycles. The van der Waals surface area contributed by atoms with Gasteiger partial charge in [-0.15, -0.1) is 0 Å². The molecule has 1 amide bonds. The van der Waals surface area contributed by atoms with Crippen LogP contribution in [0.2, 0.25) is 10.0 Å². The number of rotatable bonds is 2. The van der Waals surface area contributed by atoms with Crippen LogP contribution in [-0.2, 0) is 4.79 Å². The molecule has 0 bridgehead atoms. The van der Waals surface area contributed by atoms with Crippen molar-refractivity contribution in [2.75, 3.05) is 4.90 Å². The van der Waals surface area contributed by atoms with E-state index in [4.69, 9.17) is 35.4 Å². The number of carbonyl (C=O) groups excluding carboxylic acids is 1. The van der Waals surface area contributed by atoms with Crippen molar-refractivity contribution in [2.45, 2.75) is 0 Å². The van der Waals surface area contributed by atoms with Crippen LogP contribution in [0.5, 0.6) is 0 Å². The minimum atomic E-state index is -0.252. The maximum atomic E-state index is 12.6. The van der Waals surface area contributed by atoms with Gasteiger partial charge in [-0.25, -0.2) is 0 Å². The second-order valence-corrected chi connectivity index (χ2v) is 5.87. The van der Waals surface area contributed by atoms with E-state index in [-0.39, 0.29) is 5.91 Å². The fourth-order valence-corrected chi connectivity index (χ4v) is 2.86. The van der Waals surface area contributed by atoms with Crippen LogP contribution in [-0.4, -0.2) is 11.0 Å². The Labute approximate surface area is 143 Å². The first-order valence-corrected chi connectivity index (χ1v) is 7.60. The molecule has 2 aromatic rings. The molecule has 1 N–H and O–H groups in total. The van der Waals surface area contributed by atoms with Crippen molar-refractivity contribution in [3.8, 4) is 0 Å². The van der Waals surface area contributed by atoms with Gasteiger partial charge in [0.05, 0.1) is 10.7 Å². The first kappa shape index (κ1) is 15.0. The summed E-state index contributed by atoms with van der Waals surface area (Å²) in [6, 6.07) is 14.3. The summed E-state index contributed by atoms with van der Waals surface area (Å²) in [6.45, 7) is 0. The van der Waals surface area contributed by atoms with Crippen LogP contribution in [0.3, 0.4) is 0 Å². The molecule has 0 saturated carbocycles. The molecule has 110 valence electrons. The molecule has 1 heterocycles. The first-order valence-electron chi connectivity index (χ1n) is 6.43. The van der Waals surface area contributed by atoms with E-state index in [1.54, 1.807) is 42.5 Å². The van der Waals surface area contributed by atoms with Gasteiger partial charge in [-0.05, 0) is 48.1 Å². The number of halogens is 2. The summed E-state index contributed by atoms with van der Waals surface area (Å²) in [5.74, 6) is -0.252. The molecule has 0 aromatic heterocycles. The molecular weight excluding hydrogens is 339 g/mol. The lowest BCUT2D eigenvalue weighted by atomic mass is 10.2. The van der Waals surface area contributed by atoms with E-state index in [2.05, 4.69) is 5.32 Å². The monoisotopic (exact) mass is 348 g/mol. The third-order valence-electron chi connectivity index (χ3n) is 3.13. The highest BCUT2D eigenvalue weighted by molar-refractivity contribution is 7.80. The molecule has 0 unspecified atom stereocenters. The molecular formula is C16H10Cl2N2OS. The number of nitrogens with one attached hydrogen (secondary N) is 1. The number of benzene rings is 2. The predicted molar refractivity (Wildman–Crippen MR) is 94.1 cm³/mol. The lowest BCUT2D eigenvalue weighted by Crippen LogP contribution is -2.30. The number of anilines is 1. The zero-order valence-electron chi connectivity index (χ0n) is 11.2. The van der Waals surface area contributed by atoms with Crippen molar-refractivity contribution in [3.05, 3.63) is 69.8 Å². The molecule has 3 nitrogen and oxygen atoms in total. The average Bonchev–Trinajstić information content (AvgIpc) is 2.74. The largest absolute Gasteiger partial charge is 0.327 e. The zero-order valence-corrected chi connectivity index (χ0v) is 13.5. The number of hydrogen-bond donors (Lipinski definition) is 1. The Morgan fingerprint density at radius 2 is 1.86 bits per heavy atom. The van der Waals surface area contributed by atoms with Gasteiger partial charge in [-0.3, -0.25) is 9.69 Å². The van der Waals surface area contributed by atoms with Gasteiger partial charge in [0.2, 0.25) is 0 Å². The molecule has 1 fully saturated rings. The molecule has 3 rings (SSSR count). The van der Waals surface area contributed by atoms with Crippen molar-refractivity contribution in [1.29, 1.82) is 0 Å². The van der Waals surface area contributed by atoms with Crippen LogP contribution >= 0.6 is 35.4 Å². The summed E-state index contributed by atoms with van der Waals surface area (Å²) in [7, 11) is 0. The summed E-state index contributed by atoms with van der Waals surface area (Å²) < 4.78 is 0. The average molecular weight is 349 g/mol. The van der Waals surface area contributed by atoms with Crippen molar-refractivity contribution in [2.24, 2.45) is 0 Å². The van der Waals surface area contributed by atoms with E-state index in [0.29, 0.717) is 26.5 Å². The highest BCUT2D eigenvalue weighted by Crippen LogP contribution is 2.29. The summed E-state index contributed by atoms with van der Waals surface area (Å²) in [5.41, 5.74) is 1.75. The molecule has 0 spiro atoms. The van der Waals surface area contributed by atoms with Crippen LogP contribution in [0, 0.1) is 0 Å². The second kappa shape index (κ2) is 6.08. The summed E-state index contributed by atoms with van der Waals surface area (Å²) in [4.78, 5) is 14.0. The van der Waals surface area contributed by atoms with Gasteiger partial charge in [0.15, 0.2) is 5.11 Å². The Morgan fingerprint density at radius 3 is 2.59 bits per heavy atom. The lowest BCUT2D eigenvalue weighted by Gasteiger charge is -2.15. The van der Waals surface area contributed by atoms with E-state index >= 15 is 0 Å². The number of amides is 1. The van der Waals surface area contributed by atoms with Crippen LogP contribution in [0.15, 0.2) is 54.2 Å². The van der Waals surface area contributed by atoms with Crippen LogP contribution in [0.25, 0.3) is 6.08 Å². The fraction of sp³-hybridized carbons (Fsp3) is 0. The van der Waals surface area contributed by atoms with Gasteiger partial charge in [0.25, 0.3) is 5.91 Å². The topological polar surface area (TPSA) is 32.3 Å². The van der Waals surface area contributed by atoms with Gasteiger partial charge in [-0.2, -0.15) is 0 Å². The van der Waals surface area contributed by atoms with E-state index in [9.17, 15) is 4.79 Å². The highest BCUT2D eigenvalue weighted by Gasteiger charge is 2.32. The quantitative estimate of drug-likeness (QED) is 0.650. The van der Waals surface area contributed by atoms with Crippen LogP contribution in [0.1, 0.15) is 5.56 Å². The molecule has 1 aliphatic rings. The molecule has 0 aliphatic carbocycles. The van der Waals surface area contributed by atoms with Gasteiger partial charge >= 0.3 is 0 Å². The minimum Gasteiger partial charge on any atom is -0.327 e. The number of hydrogen-bond acceptors (Lipinski definition) is 2. The Kier molecular flexibility index (Phi) is 4.16. The van der Waals surface area contributed by atoms with E-state index in [1.165, 1.54) is 4.90 Å². The number of para-hydroxylation sites is 1. The molecule has 6 heteroatoms. The second-order valence-electron chi connectivity index (χ2n) is 4.64. The minimum absolute atomic E-state index is 0.252. The zero-order chi connectivity index (χ0) is 15.7. The Morgan fingerprint density at radius 1 is 1.09 bits per heavy atom. The number of thiocarbonyl (C=S) groups is 1. The maximum Gasteiger partial charge on any atom is 0.281 e. The molecule has 0 radical (unpaired) electrons. The highest BCUT2D eigenvalue weighted by atomic mass is 35.5. The van der Waals surface area contributed by atoms with Gasteiger partial charge in [-0.1, -0.05) is 47.5 Å². The summed E-state index contributed by atoms with van der Waals surface area (Å²) in [6.07, 6.45) is 1.71. The molecule has 22 heavy (non-hydrogen) atoms. The van der Waals surface area contributed by atoms with Gasteiger partial charge in [0.1, 0.15) is 5.70 Å². The summed E-state index contributed by atoms with van der Waals surface area (Å²) in [5, 5.41) is 4.28. The SMILES string of the molecule is O=C1/C(=C/c2cccc(Cl)c2)NC(=S)N1c1ccccc1Cl. The fourth-order valence-electron chi connectivity index (χ4n) is 2.15. The van der Waals surface area contributed by atoms with E-state index in [1.807, 2.05) is 12.1 Å². The van der Waals surface area contributed by atoms with Gasteiger partial charge < -0.3 is 5.32 Å². The lowest BCUT2D eigenvalue weighted by molar-refractivity contribution is -0.113. The Balaban J connectivity index is 1.97. The molecule has 2 aromatic carbocycles. The van der Waals surface area contributed by atoms with E-state index < -0.39 is 0 Å². The standard InChI is InChI=1S/C16H10Cl2N2OS/c17-11-5-3-4-10(8-11)9-13-15(21)20(16(22)19-13)14-7-2-1-6-12(14)18/h1-9H,(H,19,22)/b13-9-. The Hall–Kier alpha value is -1.88. The number of carbonyl (C=O) groups is 1. The molecule has 1 aliphatic heterocycles. The van der Waals surface area contributed by atoms with Crippen molar-refractivity contribution < 1.29 is 4.79 Å². The van der Waals surface area contributed by atoms with E-state index in [0.717, 1.165) is 5.56 Å². The smallest absolute Gasteiger partial charge is 0.281 e. The first-order chi connectivity index (χ1) is 10.6. The third kappa shape index (κ3) is 2.86. The number of nitrogens with zero attached hydrogens (tertiary/aromatic N) is 1. The van der Waals surface area contributed by atoms with Crippen molar-refractivity contribution in [1.82, 2.24) is 5.32 Å². The van der Waals surface area contributed by atoms with Crippen molar-refractivity contribution >= 4 is 58.2 Å². The normalized spacial score (nSPS) is 16.3. The van der Waals surface area contributed by atoms with Gasteiger partial charge in [0, 0.05) is 5.02 Å². The predicted octanol–water partition coefficient (Wildman–Crippen LogP) is 4.26. The van der Waals surface area contributed by atoms with Crippen molar-refractivity contribution in [3.63, 3.8) is 0 Å². The third-order valence-corrected chi connectivity index (χ3v) is 3.97.